The maximum Gasteiger partial charge on any atom is 0.340 e. The van der Waals surface area contributed by atoms with E-state index < -0.39 is 11.5 Å². The van der Waals surface area contributed by atoms with Gasteiger partial charge in [-0.15, -0.1) is 11.3 Å². The molecule has 2 aromatic heterocycles. The van der Waals surface area contributed by atoms with Crippen LogP contribution in [-0.4, -0.2) is 34.8 Å². The molecule has 3 heterocycles. The molecule has 136 valence electrons. The lowest BCUT2D eigenvalue weighted by atomic mass is 9.89. The number of nitrogens with zero attached hydrogens (tertiary/aromatic N) is 2. The average molecular weight is 371 g/mol. The number of amidine groups is 1. The third kappa shape index (κ3) is 3.53. The largest absolute Gasteiger partial charge is 0.462 e. The Labute approximate surface area is 156 Å². The fraction of sp³-hybridized carbons (Fsp3) is 0.368. The van der Waals surface area contributed by atoms with E-state index in [4.69, 9.17) is 4.74 Å². The lowest BCUT2D eigenvalue weighted by Gasteiger charge is -2.21. The highest BCUT2D eigenvalue weighted by molar-refractivity contribution is 7.09. The van der Waals surface area contributed by atoms with Crippen molar-refractivity contribution in [1.29, 1.82) is 0 Å². The molecule has 0 spiro atoms. The van der Waals surface area contributed by atoms with Crippen LogP contribution in [0, 0.1) is 5.92 Å². The van der Waals surface area contributed by atoms with E-state index in [0.29, 0.717) is 23.5 Å². The third-order valence-electron chi connectivity index (χ3n) is 4.57. The van der Waals surface area contributed by atoms with E-state index in [-0.39, 0.29) is 18.4 Å². The SMILES string of the molecule is CC(C)C1(C)N=C(c2ncccc2C(=O)OCCc2cccs2)NC1=O. The lowest BCUT2D eigenvalue weighted by molar-refractivity contribution is -0.124. The molecule has 3 rings (SSSR count). The molecule has 0 aliphatic carbocycles. The van der Waals surface area contributed by atoms with E-state index >= 15 is 0 Å². The summed E-state index contributed by atoms with van der Waals surface area (Å²) >= 11 is 1.63. The molecule has 1 amide bonds. The molecular weight excluding hydrogens is 350 g/mol. The Bertz CT molecular complexity index is 845. The van der Waals surface area contributed by atoms with E-state index in [1.54, 1.807) is 36.6 Å². The summed E-state index contributed by atoms with van der Waals surface area (Å²) in [4.78, 5) is 34.8. The fourth-order valence-corrected chi connectivity index (χ4v) is 3.27. The lowest BCUT2D eigenvalue weighted by Crippen LogP contribution is -2.41. The molecule has 1 N–H and O–H groups in total. The number of thiophene rings is 1. The first kappa shape index (κ1) is 18.3. The number of aromatic nitrogens is 1. The van der Waals surface area contributed by atoms with Crippen LogP contribution in [-0.2, 0) is 16.0 Å². The number of aliphatic imine (C=N–C) groups is 1. The van der Waals surface area contributed by atoms with E-state index in [9.17, 15) is 9.59 Å². The van der Waals surface area contributed by atoms with Gasteiger partial charge >= 0.3 is 5.97 Å². The zero-order chi connectivity index (χ0) is 18.7. The molecule has 0 saturated carbocycles. The van der Waals surface area contributed by atoms with Gasteiger partial charge in [-0.25, -0.2) is 9.79 Å². The van der Waals surface area contributed by atoms with Gasteiger partial charge in [0.1, 0.15) is 11.2 Å². The number of hydrogen-bond donors (Lipinski definition) is 1. The van der Waals surface area contributed by atoms with Crippen LogP contribution in [0.5, 0.6) is 0 Å². The Balaban J connectivity index is 1.78. The first-order valence-corrected chi connectivity index (χ1v) is 9.36. The maximum atomic E-state index is 12.5. The highest BCUT2D eigenvalue weighted by atomic mass is 32.1. The monoisotopic (exact) mass is 371 g/mol. The van der Waals surface area contributed by atoms with Gasteiger partial charge in [0, 0.05) is 17.5 Å². The van der Waals surface area contributed by atoms with Gasteiger partial charge in [-0.2, -0.15) is 0 Å². The molecule has 1 atom stereocenters. The number of rotatable bonds is 6. The summed E-state index contributed by atoms with van der Waals surface area (Å²) < 4.78 is 5.39. The zero-order valence-corrected chi connectivity index (χ0v) is 15.8. The molecule has 1 aliphatic rings. The van der Waals surface area contributed by atoms with Gasteiger partial charge in [-0.05, 0) is 36.4 Å². The van der Waals surface area contributed by atoms with Gasteiger partial charge in [0.05, 0.1) is 12.2 Å². The molecule has 0 saturated heterocycles. The van der Waals surface area contributed by atoms with Gasteiger partial charge in [0.2, 0.25) is 0 Å². The molecule has 2 aromatic rings. The van der Waals surface area contributed by atoms with Crippen molar-refractivity contribution in [2.24, 2.45) is 10.9 Å². The first-order valence-electron chi connectivity index (χ1n) is 8.48. The molecule has 0 radical (unpaired) electrons. The Morgan fingerprint density at radius 3 is 2.81 bits per heavy atom. The fourth-order valence-electron chi connectivity index (χ4n) is 2.58. The molecule has 1 aliphatic heterocycles. The number of carbonyl (C=O) groups excluding carboxylic acids is 2. The van der Waals surface area contributed by atoms with Crippen LogP contribution in [0.3, 0.4) is 0 Å². The molecule has 26 heavy (non-hydrogen) atoms. The second kappa shape index (κ2) is 7.37. The predicted octanol–water partition coefficient (Wildman–Crippen LogP) is 2.83. The van der Waals surface area contributed by atoms with E-state index in [2.05, 4.69) is 15.3 Å². The Morgan fingerprint density at radius 1 is 1.35 bits per heavy atom. The first-order chi connectivity index (χ1) is 12.4. The second-order valence-electron chi connectivity index (χ2n) is 6.58. The van der Waals surface area contributed by atoms with Gasteiger partial charge < -0.3 is 10.1 Å². The minimum Gasteiger partial charge on any atom is -0.462 e. The highest BCUT2D eigenvalue weighted by Gasteiger charge is 2.43. The summed E-state index contributed by atoms with van der Waals surface area (Å²) in [6.07, 6.45) is 2.24. The number of nitrogens with one attached hydrogen (secondary N) is 1. The van der Waals surface area contributed by atoms with Crippen molar-refractivity contribution < 1.29 is 14.3 Å². The number of hydrogen-bond acceptors (Lipinski definition) is 6. The second-order valence-corrected chi connectivity index (χ2v) is 7.61. The Morgan fingerprint density at radius 2 is 2.15 bits per heavy atom. The highest BCUT2D eigenvalue weighted by Crippen LogP contribution is 2.27. The molecule has 6 nitrogen and oxygen atoms in total. The van der Waals surface area contributed by atoms with Gasteiger partial charge in [-0.3, -0.25) is 9.78 Å². The number of amides is 1. The van der Waals surface area contributed by atoms with Crippen LogP contribution in [0.15, 0.2) is 40.8 Å². The molecule has 0 aromatic carbocycles. The quantitative estimate of drug-likeness (QED) is 0.792. The number of carbonyl (C=O) groups is 2. The number of esters is 1. The van der Waals surface area contributed by atoms with Crippen LogP contribution >= 0.6 is 11.3 Å². The Hall–Kier alpha value is -2.54. The zero-order valence-electron chi connectivity index (χ0n) is 15.0. The predicted molar refractivity (Wildman–Crippen MR) is 100 cm³/mol. The van der Waals surface area contributed by atoms with Crippen molar-refractivity contribution in [2.75, 3.05) is 6.61 Å². The summed E-state index contributed by atoms with van der Waals surface area (Å²) in [6, 6.07) is 7.27. The van der Waals surface area contributed by atoms with E-state index in [1.807, 2.05) is 31.4 Å². The van der Waals surface area contributed by atoms with Crippen LogP contribution < -0.4 is 5.32 Å². The minimum atomic E-state index is -0.868. The maximum absolute atomic E-state index is 12.5. The standard InChI is InChI=1S/C19H21N3O3S/c1-12(2)19(3)18(24)21-16(22-19)15-14(7-4-9-20-15)17(23)25-10-8-13-6-5-11-26-13/h4-7,9,11-12H,8,10H2,1-3H3,(H,21,22,24). The summed E-state index contributed by atoms with van der Waals surface area (Å²) in [5, 5.41) is 4.75. The third-order valence-corrected chi connectivity index (χ3v) is 5.51. The summed E-state index contributed by atoms with van der Waals surface area (Å²) in [7, 11) is 0. The van der Waals surface area contributed by atoms with Crippen molar-refractivity contribution in [2.45, 2.75) is 32.7 Å². The van der Waals surface area contributed by atoms with E-state index in [0.717, 1.165) is 4.88 Å². The minimum absolute atomic E-state index is 0.0184. The summed E-state index contributed by atoms with van der Waals surface area (Å²) in [5.74, 6) is -0.327. The normalized spacial score (nSPS) is 19.4. The molecular formula is C19H21N3O3S. The van der Waals surface area contributed by atoms with Crippen LogP contribution in [0.4, 0.5) is 0 Å². The molecule has 7 heteroatoms. The van der Waals surface area contributed by atoms with Crippen molar-refractivity contribution in [3.63, 3.8) is 0 Å². The van der Waals surface area contributed by atoms with Crippen molar-refractivity contribution in [3.8, 4) is 0 Å². The van der Waals surface area contributed by atoms with Gasteiger partial charge in [-0.1, -0.05) is 19.9 Å². The molecule has 0 fully saturated rings. The number of ether oxygens (including phenoxy) is 1. The van der Waals surface area contributed by atoms with Crippen LogP contribution in [0.1, 0.15) is 41.7 Å². The van der Waals surface area contributed by atoms with Crippen LogP contribution in [0.2, 0.25) is 0 Å². The van der Waals surface area contributed by atoms with Crippen LogP contribution in [0.25, 0.3) is 0 Å². The molecule has 0 bridgehead atoms. The molecule has 1 unspecified atom stereocenters. The number of pyridine rings is 1. The van der Waals surface area contributed by atoms with Crippen molar-refractivity contribution >= 4 is 29.0 Å². The van der Waals surface area contributed by atoms with E-state index in [1.165, 1.54) is 0 Å². The average Bonchev–Trinajstić information content (AvgIpc) is 3.24. The topological polar surface area (TPSA) is 80.7 Å². The van der Waals surface area contributed by atoms with Gasteiger partial charge in [0.25, 0.3) is 5.91 Å². The smallest absolute Gasteiger partial charge is 0.340 e. The van der Waals surface area contributed by atoms with Crippen molar-refractivity contribution in [1.82, 2.24) is 10.3 Å². The van der Waals surface area contributed by atoms with Gasteiger partial charge in [0.15, 0.2) is 5.84 Å². The summed E-state index contributed by atoms with van der Waals surface area (Å²) in [5.41, 5.74) is -0.232. The van der Waals surface area contributed by atoms with Crippen molar-refractivity contribution in [3.05, 3.63) is 52.0 Å². The Kier molecular flexibility index (Phi) is 5.18. The summed E-state index contributed by atoms with van der Waals surface area (Å²) in [6.45, 7) is 5.94.